The van der Waals surface area contributed by atoms with Crippen molar-refractivity contribution >= 4 is 30.5 Å². The molecule has 0 spiro atoms. The Labute approximate surface area is 102 Å². The van der Waals surface area contributed by atoms with Crippen LogP contribution in [-0.2, 0) is 0 Å². The van der Waals surface area contributed by atoms with Crippen LogP contribution in [0.2, 0.25) is 43.1 Å². The summed E-state index contributed by atoms with van der Waals surface area (Å²) >= 11 is 0. The summed E-state index contributed by atoms with van der Waals surface area (Å²) < 4.78 is 3.19. The van der Waals surface area contributed by atoms with Gasteiger partial charge in [-0.05, 0) is 11.2 Å². The van der Waals surface area contributed by atoms with Crippen LogP contribution in [0.5, 0.6) is 0 Å². The van der Waals surface area contributed by atoms with Crippen LogP contribution in [0.4, 0.5) is 0 Å². The van der Waals surface area contributed by atoms with E-state index in [2.05, 4.69) is 42.9 Å². The standard InChI is InChI=1S/C11H21NSi4/c1-13-7-15(3)11-9(13)5-6-10-12(11)16(15,4)8-14(10,13)2/h5-6,9-11H,7-8H2,1-4H3. The molecule has 0 radical (unpaired) electrons. The molecular formula is C11H21NSi4. The maximum Gasteiger partial charge on any atom is 0.114 e. The molecule has 7 atom stereocenters. The Balaban J connectivity index is 1.91. The van der Waals surface area contributed by atoms with E-state index in [1.807, 2.05) is 11.3 Å². The number of hydrogen-bond acceptors (Lipinski definition) is 1. The van der Waals surface area contributed by atoms with Gasteiger partial charge in [-0.25, -0.2) is 0 Å². The molecule has 0 aromatic carbocycles. The van der Waals surface area contributed by atoms with E-state index in [1.54, 1.807) is 0 Å². The fraction of sp³-hybridized carbons (Fsp3) is 0.818. The molecule has 1 nitrogen and oxygen atoms in total. The molecule has 5 heteroatoms. The van der Waals surface area contributed by atoms with Gasteiger partial charge in [0.15, 0.2) is 0 Å². The third kappa shape index (κ3) is 0.524. The number of nitrogens with zero attached hydrogens (tertiary/aromatic N) is 1. The van der Waals surface area contributed by atoms with Crippen LogP contribution in [0.15, 0.2) is 12.2 Å². The first-order chi connectivity index (χ1) is 7.39. The molecule has 6 heterocycles. The molecule has 86 valence electrons. The molecule has 6 aliphatic rings. The van der Waals surface area contributed by atoms with Crippen LogP contribution in [0, 0.1) is 0 Å². The molecule has 16 heavy (non-hydrogen) atoms. The summed E-state index contributed by atoms with van der Waals surface area (Å²) in [5.74, 6) is 0. The van der Waals surface area contributed by atoms with Gasteiger partial charge in [-0.3, -0.25) is 0 Å². The van der Waals surface area contributed by atoms with E-state index in [4.69, 9.17) is 0 Å². The van der Waals surface area contributed by atoms with Crippen LogP contribution in [0.1, 0.15) is 0 Å². The van der Waals surface area contributed by atoms with Crippen molar-refractivity contribution in [2.24, 2.45) is 0 Å². The Morgan fingerprint density at radius 2 is 1.69 bits per heavy atom. The molecule has 0 saturated carbocycles. The molecule has 4 saturated heterocycles. The number of rotatable bonds is 0. The summed E-state index contributed by atoms with van der Waals surface area (Å²) in [6, 6.07) is 0. The smallest absolute Gasteiger partial charge is 0.114 e. The highest BCUT2D eigenvalue weighted by atomic mass is 29.3. The van der Waals surface area contributed by atoms with Gasteiger partial charge in [-0.15, -0.1) is 0 Å². The van der Waals surface area contributed by atoms with Crippen molar-refractivity contribution in [1.29, 1.82) is 0 Å². The average molecular weight is 280 g/mol. The molecule has 0 aliphatic carbocycles. The molecule has 6 bridgehead atoms. The lowest BCUT2D eigenvalue weighted by atomic mass is 10.3. The molecule has 0 aromatic rings. The van der Waals surface area contributed by atoms with E-state index >= 15 is 0 Å². The van der Waals surface area contributed by atoms with Crippen molar-refractivity contribution in [3.05, 3.63) is 12.2 Å². The maximum atomic E-state index is 3.19. The number of fused-ring (bicyclic) bond motifs is 1. The van der Waals surface area contributed by atoms with E-state index in [0.717, 1.165) is 11.2 Å². The van der Waals surface area contributed by atoms with Gasteiger partial charge in [0, 0.05) is 5.67 Å². The minimum Gasteiger partial charge on any atom is -0.322 e. The first kappa shape index (κ1) is 9.49. The third-order valence-electron chi connectivity index (χ3n) is 8.03. The van der Waals surface area contributed by atoms with Crippen molar-refractivity contribution in [2.45, 2.75) is 54.4 Å². The molecule has 6 rings (SSSR count). The van der Waals surface area contributed by atoms with Crippen LogP contribution < -0.4 is 0 Å². The van der Waals surface area contributed by atoms with E-state index < -0.39 is 30.5 Å². The Kier molecular flexibility index (Phi) is 1.19. The predicted octanol–water partition coefficient (Wildman–Crippen LogP) is 2.14. The van der Waals surface area contributed by atoms with Gasteiger partial charge in [0.2, 0.25) is 0 Å². The highest BCUT2D eigenvalue weighted by molar-refractivity contribution is 7.65. The van der Waals surface area contributed by atoms with Gasteiger partial charge < -0.3 is 4.57 Å². The van der Waals surface area contributed by atoms with Crippen molar-refractivity contribution in [3.8, 4) is 0 Å². The fourth-order valence-corrected chi connectivity index (χ4v) is 85.7. The first-order valence-electron chi connectivity index (χ1n) is 6.85. The summed E-state index contributed by atoms with van der Waals surface area (Å²) in [7, 11) is -3.25. The van der Waals surface area contributed by atoms with Crippen LogP contribution in [-0.4, -0.2) is 46.4 Å². The summed E-state index contributed by atoms with van der Waals surface area (Å²) in [6.45, 7) is 11.3. The average Bonchev–Trinajstić information content (AvgIpc) is 2.54. The topological polar surface area (TPSA) is 3.24 Å². The Morgan fingerprint density at radius 1 is 0.938 bits per heavy atom. The summed E-state index contributed by atoms with van der Waals surface area (Å²) in [5, 5.41) is 0. The van der Waals surface area contributed by atoms with Crippen LogP contribution >= 0.6 is 0 Å². The minimum atomic E-state index is -0.844. The monoisotopic (exact) mass is 279 g/mol. The highest BCUT2D eigenvalue weighted by Gasteiger charge is 2.91. The zero-order valence-electron chi connectivity index (χ0n) is 10.7. The zero-order chi connectivity index (χ0) is 11.1. The summed E-state index contributed by atoms with van der Waals surface area (Å²) in [5.41, 5.74) is 7.10. The third-order valence-corrected chi connectivity index (χ3v) is 58.0. The zero-order valence-corrected chi connectivity index (χ0v) is 14.7. The van der Waals surface area contributed by atoms with Gasteiger partial charge in [0.05, 0.1) is 22.8 Å². The van der Waals surface area contributed by atoms with Crippen molar-refractivity contribution in [2.75, 3.05) is 0 Å². The van der Waals surface area contributed by atoms with Gasteiger partial charge >= 0.3 is 0 Å². The minimum absolute atomic E-state index is 0.751. The van der Waals surface area contributed by atoms with Crippen molar-refractivity contribution < 1.29 is 0 Å². The molecule has 7 unspecified atom stereocenters. The second kappa shape index (κ2) is 2.01. The highest BCUT2D eigenvalue weighted by Crippen LogP contribution is 2.75. The van der Waals surface area contributed by atoms with Gasteiger partial charge in [-0.1, -0.05) is 49.7 Å². The van der Waals surface area contributed by atoms with Crippen LogP contribution in [0.25, 0.3) is 0 Å². The van der Waals surface area contributed by atoms with Crippen LogP contribution in [0.3, 0.4) is 0 Å². The fourth-order valence-electron chi connectivity index (χ4n) is 7.12. The lowest BCUT2D eigenvalue weighted by Crippen LogP contribution is -2.87. The van der Waals surface area contributed by atoms with Crippen molar-refractivity contribution in [1.82, 2.24) is 4.57 Å². The molecule has 0 amide bonds. The number of hydrogen-bond donors (Lipinski definition) is 0. The van der Waals surface area contributed by atoms with E-state index in [-0.39, 0.29) is 0 Å². The second-order valence-electron chi connectivity index (χ2n) is 8.09. The molecule has 6 aliphatic heterocycles. The molecular weight excluding hydrogens is 258 g/mol. The summed E-state index contributed by atoms with van der Waals surface area (Å²) in [4.78, 5) is 0. The second-order valence-corrected chi connectivity index (χ2v) is 37.8. The van der Waals surface area contributed by atoms with E-state index in [9.17, 15) is 0 Å². The Bertz CT molecular complexity index is 439. The molecule has 0 N–H and O–H groups in total. The van der Waals surface area contributed by atoms with E-state index in [1.165, 1.54) is 5.67 Å². The summed E-state index contributed by atoms with van der Waals surface area (Å²) in [6.07, 6.45) is 5.42. The largest absolute Gasteiger partial charge is 0.322 e. The van der Waals surface area contributed by atoms with Gasteiger partial charge in [0.1, 0.15) is 7.75 Å². The normalized spacial score (nSPS) is 77.4. The van der Waals surface area contributed by atoms with Gasteiger partial charge in [-0.2, -0.15) is 0 Å². The molecule has 0 aromatic heterocycles. The lowest BCUT2D eigenvalue weighted by molar-refractivity contribution is 0.354. The maximum absolute atomic E-state index is 3.19. The first-order valence-corrected chi connectivity index (χ1v) is 19.9. The lowest BCUT2D eigenvalue weighted by Gasteiger charge is -2.66. The Hall–Kier alpha value is 0.568. The van der Waals surface area contributed by atoms with Gasteiger partial charge in [0.25, 0.3) is 0 Å². The predicted molar refractivity (Wildman–Crippen MR) is 78.4 cm³/mol. The van der Waals surface area contributed by atoms with E-state index in [0.29, 0.717) is 0 Å². The Morgan fingerprint density at radius 3 is 2.44 bits per heavy atom. The van der Waals surface area contributed by atoms with Crippen molar-refractivity contribution in [3.63, 3.8) is 0 Å². The quantitative estimate of drug-likeness (QED) is 0.485. The SMILES string of the molecule is C[Si]12C[Si]3(C)C4C1C=CC1N4[Si]3(C)C[Si]12C. The molecule has 4 fully saturated rings.